The predicted molar refractivity (Wildman–Crippen MR) is 74.2 cm³/mol. The quantitative estimate of drug-likeness (QED) is 0.912. The molecule has 0 spiro atoms. The Balaban J connectivity index is 2.31. The molecule has 0 unspecified atom stereocenters. The molecule has 0 saturated carbocycles. The molecular weight excluding hydrogens is 280 g/mol. The Morgan fingerprint density at radius 1 is 1.14 bits per heavy atom. The van der Waals surface area contributed by atoms with E-state index in [0.717, 1.165) is 12.1 Å². The number of aromatic nitrogens is 3. The minimum absolute atomic E-state index is 0.0376. The highest BCUT2D eigenvalue weighted by atomic mass is 19.1. The number of nitrogens with two attached hydrogens (primary N) is 1. The lowest BCUT2D eigenvalue weighted by molar-refractivity contribution is 0.407. The summed E-state index contributed by atoms with van der Waals surface area (Å²) in [5.74, 6) is -1.43. The first-order valence-electron chi connectivity index (χ1n) is 6.42. The first-order chi connectivity index (χ1) is 10.0. The van der Waals surface area contributed by atoms with Crippen molar-refractivity contribution in [2.24, 2.45) is 0 Å². The molecule has 2 aromatic rings. The van der Waals surface area contributed by atoms with E-state index in [2.05, 4.69) is 15.0 Å². The van der Waals surface area contributed by atoms with Crippen LogP contribution in [0.2, 0.25) is 0 Å². The number of rotatable bonds is 5. The third-order valence-corrected chi connectivity index (χ3v) is 2.76. The molecule has 1 heterocycles. The summed E-state index contributed by atoms with van der Waals surface area (Å²) in [7, 11) is 0. The van der Waals surface area contributed by atoms with E-state index in [4.69, 9.17) is 10.5 Å². The Morgan fingerprint density at radius 2 is 1.86 bits per heavy atom. The summed E-state index contributed by atoms with van der Waals surface area (Å²) in [5, 5.41) is 0. The Bertz CT molecular complexity index is 634. The lowest BCUT2D eigenvalue weighted by Gasteiger charge is -2.18. The van der Waals surface area contributed by atoms with Crippen LogP contribution in [0.15, 0.2) is 18.2 Å². The van der Waals surface area contributed by atoms with Crippen LogP contribution < -0.4 is 15.4 Å². The molecule has 0 aliphatic heterocycles. The molecule has 2 rings (SSSR count). The van der Waals surface area contributed by atoms with Gasteiger partial charge in [-0.05, 0) is 26.0 Å². The Labute approximate surface area is 120 Å². The van der Waals surface area contributed by atoms with E-state index in [9.17, 15) is 8.78 Å². The lowest BCUT2D eigenvalue weighted by Crippen LogP contribution is -2.25. The minimum Gasteiger partial charge on any atom is -0.421 e. The Hall–Kier alpha value is -2.51. The molecule has 0 bridgehead atoms. The predicted octanol–water partition coefficient (Wildman–Crippen LogP) is 2.37. The molecule has 0 amide bonds. The third kappa shape index (κ3) is 3.53. The van der Waals surface area contributed by atoms with Gasteiger partial charge >= 0.3 is 6.01 Å². The van der Waals surface area contributed by atoms with E-state index in [-0.39, 0.29) is 17.7 Å². The first-order valence-corrected chi connectivity index (χ1v) is 6.42. The number of halogens is 2. The highest BCUT2D eigenvalue weighted by Crippen LogP contribution is 2.23. The van der Waals surface area contributed by atoms with Crippen molar-refractivity contribution in [2.45, 2.75) is 13.8 Å². The SMILES string of the molecule is CCN(CC)c1nc(N)nc(Oc2ccc(F)cc2F)n1. The number of ether oxygens (including phenoxy) is 1. The number of nitrogen functional groups attached to an aromatic ring is 1. The van der Waals surface area contributed by atoms with Gasteiger partial charge in [0, 0.05) is 19.2 Å². The van der Waals surface area contributed by atoms with E-state index < -0.39 is 11.6 Å². The fourth-order valence-corrected chi connectivity index (χ4v) is 1.71. The molecule has 1 aromatic heterocycles. The van der Waals surface area contributed by atoms with Gasteiger partial charge in [-0.3, -0.25) is 0 Å². The Kier molecular flexibility index (Phi) is 4.46. The zero-order valence-corrected chi connectivity index (χ0v) is 11.7. The summed E-state index contributed by atoms with van der Waals surface area (Å²) >= 11 is 0. The van der Waals surface area contributed by atoms with Crippen LogP contribution in [0.25, 0.3) is 0 Å². The van der Waals surface area contributed by atoms with Crippen molar-refractivity contribution in [3.8, 4) is 11.8 Å². The van der Waals surface area contributed by atoms with Crippen LogP contribution in [-0.2, 0) is 0 Å². The van der Waals surface area contributed by atoms with Gasteiger partial charge in [0.1, 0.15) is 5.82 Å². The summed E-state index contributed by atoms with van der Waals surface area (Å²) in [4.78, 5) is 13.7. The number of nitrogens with zero attached hydrogens (tertiary/aromatic N) is 4. The van der Waals surface area contributed by atoms with Crippen LogP contribution in [0.1, 0.15) is 13.8 Å². The summed E-state index contributed by atoms with van der Waals surface area (Å²) in [5.41, 5.74) is 5.60. The average Bonchev–Trinajstić information content (AvgIpc) is 2.43. The largest absolute Gasteiger partial charge is 0.421 e. The number of anilines is 2. The number of hydrogen-bond donors (Lipinski definition) is 1. The van der Waals surface area contributed by atoms with Crippen LogP contribution in [0, 0.1) is 11.6 Å². The van der Waals surface area contributed by atoms with Crippen molar-refractivity contribution in [1.29, 1.82) is 0 Å². The molecular formula is C13H15F2N5O. The first kappa shape index (κ1) is 14.9. The highest BCUT2D eigenvalue weighted by Gasteiger charge is 2.13. The molecule has 0 aliphatic carbocycles. The molecule has 6 nitrogen and oxygen atoms in total. The monoisotopic (exact) mass is 295 g/mol. The van der Waals surface area contributed by atoms with Crippen LogP contribution in [0.4, 0.5) is 20.7 Å². The Morgan fingerprint density at radius 3 is 2.48 bits per heavy atom. The van der Waals surface area contributed by atoms with E-state index >= 15 is 0 Å². The van der Waals surface area contributed by atoms with E-state index in [1.54, 1.807) is 0 Å². The molecule has 0 radical (unpaired) electrons. The van der Waals surface area contributed by atoms with Crippen molar-refractivity contribution in [3.05, 3.63) is 29.8 Å². The molecule has 112 valence electrons. The van der Waals surface area contributed by atoms with Gasteiger partial charge in [-0.1, -0.05) is 0 Å². The van der Waals surface area contributed by atoms with Gasteiger partial charge in [-0.25, -0.2) is 8.78 Å². The van der Waals surface area contributed by atoms with Gasteiger partial charge in [0.05, 0.1) is 0 Å². The second-order valence-corrected chi connectivity index (χ2v) is 4.13. The average molecular weight is 295 g/mol. The highest BCUT2D eigenvalue weighted by molar-refractivity contribution is 5.37. The van der Waals surface area contributed by atoms with Crippen molar-refractivity contribution in [3.63, 3.8) is 0 Å². The summed E-state index contributed by atoms with van der Waals surface area (Å²) in [6.45, 7) is 5.21. The van der Waals surface area contributed by atoms with Crippen LogP contribution in [0.5, 0.6) is 11.8 Å². The second kappa shape index (κ2) is 6.29. The third-order valence-electron chi connectivity index (χ3n) is 2.76. The van der Waals surface area contributed by atoms with Crippen LogP contribution in [0.3, 0.4) is 0 Å². The molecule has 0 aliphatic rings. The van der Waals surface area contributed by atoms with E-state index in [1.165, 1.54) is 0 Å². The van der Waals surface area contributed by atoms with E-state index in [0.29, 0.717) is 25.1 Å². The summed E-state index contributed by atoms with van der Waals surface area (Å²) < 4.78 is 31.6. The van der Waals surface area contributed by atoms with Gasteiger partial charge in [-0.2, -0.15) is 15.0 Å². The molecule has 2 N–H and O–H groups in total. The standard InChI is InChI=1S/C13H15F2N5O/c1-3-20(4-2)12-17-11(16)18-13(19-12)21-10-6-5-8(14)7-9(10)15/h5-7H,3-4H2,1-2H3,(H2,16,17,18,19). The minimum atomic E-state index is -0.849. The normalized spacial score (nSPS) is 10.5. The maximum absolute atomic E-state index is 13.6. The van der Waals surface area contributed by atoms with Crippen molar-refractivity contribution >= 4 is 11.9 Å². The number of hydrogen-bond acceptors (Lipinski definition) is 6. The van der Waals surface area contributed by atoms with Gasteiger partial charge in [-0.15, -0.1) is 0 Å². The zero-order chi connectivity index (χ0) is 15.4. The molecule has 1 aromatic carbocycles. The van der Waals surface area contributed by atoms with Gasteiger partial charge < -0.3 is 15.4 Å². The van der Waals surface area contributed by atoms with E-state index in [1.807, 2.05) is 18.7 Å². The lowest BCUT2D eigenvalue weighted by atomic mass is 10.3. The molecule has 8 heteroatoms. The zero-order valence-electron chi connectivity index (χ0n) is 11.7. The van der Waals surface area contributed by atoms with Gasteiger partial charge in [0.15, 0.2) is 11.6 Å². The van der Waals surface area contributed by atoms with Crippen molar-refractivity contribution < 1.29 is 13.5 Å². The maximum Gasteiger partial charge on any atom is 0.328 e. The molecule has 21 heavy (non-hydrogen) atoms. The van der Waals surface area contributed by atoms with Gasteiger partial charge in [0.2, 0.25) is 11.9 Å². The fraction of sp³-hybridized carbons (Fsp3) is 0.308. The van der Waals surface area contributed by atoms with Crippen molar-refractivity contribution in [1.82, 2.24) is 15.0 Å². The molecule has 0 saturated heterocycles. The second-order valence-electron chi connectivity index (χ2n) is 4.13. The van der Waals surface area contributed by atoms with Crippen LogP contribution in [-0.4, -0.2) is 28.0 Å². The van der Waals surface area contributed by atoms with Gasteiger partial charge in [0.25, 0.3) is 0 Å². The summed E-state index contributed by atoms with van der Waals surface area (Å²) in [6, 6.07) is 2.80. The smallest absolute Gasteiger partial charge is 0.328 e. The van der Waals surface area contributed by atoms with Crippen LogP contribution >= 0.6 is 0 Å². The number of benzene rings is 1. The fourth-order valence-electron chi connectivity index (χ4n) is 1.71. The summed E-state index contributed by atoms with van der Waals surface area (Å²) in [6.07, 6.45) is 0. The topological polar surface area (TPSA) is 77.2 Å². The van der Waals surface area contributed by atoms with Crippen molar-refractivity contribution in [2.75, 3.05) is 23.7 Å². The maximum atomic E-state index is 13.6. The molecule has 0 fully saturated rings. The molecule has 0 atom stereocenters.